The first kappa shape index (κ1) is 14.3. The van der Waals surface area contributed by atoms with Crippen molar-refractivity contribution in [3.05, 3.63) is 24.0 Å². The average molecular weight is 271 g/mol. The summed E-state index contributed by atoms with van der Waals surface area (Å²) >= 11 is 1.10. The smallest absolute Gasteiger partial charge is 0.321 e. The first-order valence-electron chi connectivity index (χ1n) is 5.27. The molecule has 1 rings (SSSR count). The van der Waals surface area contributed by atoms with Gasteiger partial charge in [0.2, 0.25) is 5.91 Å². The number of anilines is 1. The van der Waals surface area contributed by atoms with E-state index in [-0.39, 0.29) is 5.75 Å². The summed E-state index contributed by atoms with van der Waals surface area (Å²) in [6.07, 6.45) is 0. The van der Waals surface area contributed by atoms with Gasteiger partial charge in [-0.15, -0.1) is 11.8 Å². The molecule has 0 aliphatic carbocycles. The van der Waals surface area contributed by atoms with Gasteiger partial charge < -0.3 is 11.1 Å². The van der Waals surface area contributed by atoms with Crippen molar-refractivity contribution in [3.8, 4) is 0 Å². The minimum absolute atomic E-state index is 0.0139. The summed E-state index contributed by atoms with van der Waals surface area (Å²) in [5, 5.41) is 4.58. The first-order chi connectivity index (χ1) is 8.51. The van der Waals surface area contributed by atoms with E-state index in [9.17, 15) is 14.0 Å². The molecule has 0 aromatic heterocycles. The SMILES string of the molecule is CCNC(=O)NC(=O)CSc1cc(N)cc(F)c1. The first-order valence-corrected chi connectivity index (χ1v) is 6.26. The second-order valence-corrected chi connectivity index (χ2v) is 4.47. The molecule has 7 heteroatoms. The lowest BCUT2D eigenvalue weighted by Gasteiger charge is -2.05. The van der Waals surface area contributed by atoms with Crippen molar-refractivity contribution < 1.29 is 14.0 Å². The maximum Gasteiger partial charge on any atom is 0.321 e. The Hall–Kier alpha value is -1.76. The zero-order valence-electron chi connectivity index (χ0n) is 9.83. The number of thioether (sulfide) groups is 1. The third kappa shape index (κ3) is 5.05. The molecule has 98 valence electrons. The standard InChI is InChI=1S/C11H14FN3O2S/c1-2-14-11(17)15-10(16)6-18-9-4-7(12)3-8(13)5-9/h3-5H,2,6,13H2,1H3,(H2,14,15,16,17). The second kappa shape index (κ2) is 6.85. The van der Waals surface area contributed by atoms with Crippen LogP contribution in [0.25, 0.3) is 0 Å². The zero-order valence-corrected chi connectivity index (χ0v) is 10.6. The number of carbonyl (C=O) groups excluding carboxylic acids is 2. The number of imide groups is 1. The molecule has 0 radical (unpaired) electrons. The number of nitrogens with two attached hydrogens (primary N) is 1. The van der Waals surface area contributed by atoms with Crippen LogP contribution in [0, 0.1) is 5.82 Å². The molecule has 0 fully saturated rings. The third-order valence-corrected chi connectivity index (χ3v) is 2.83. The number of hydrogen-bond donors (Lipinski definition) is 3. The maximum absolute atomic E-state index is 13.0. The van der Waals surface area contributed by atoms with Crippen LogP contribution in [0.3, 0.4) is 0 Å². The van der Waals surface area contributed by atoms with Crippen molar-refractivity contribution in [2.75, 3.05) is 18.0 Å². The van der Waals surface area contributed by atoms with Gasteiger partial charge in [0.25, 0.3) is 0 Å². The van der Waals surface area contributed by atoms with Gasteiger partial charge in [-0.2, -0.15) is 0 Å². The molecule has 4 N–H and O–H groups in total. The number of halogens is 1. The predicted octanol–water partition coefficient (Wildman–Crippen LogP) is 1.35. The summed E-state index contributed by atoms with van der Waals surface area (Å²) in [5.41, 5.74) is 5.76. The van der Waals surface area contributed by atoms with Crippen LogP contribution in [0.1, 0.15) is 6.92 Å². The molecule has 5 nitrogen and oxygen atoms in total. The number of benzene rings is 1. The fourth-order valence-corrected chi connectivity index (χ4v) is 1.97. The van der Waals surface area contributed by atoms with E-state index in [0.717, 1.165) is 11.8 Å². The van der Waals surface area contributed by atoms with Gasteiger partial charge in [0.05, 0.1) is 5.75 Å². The van der Waals surface area contributed by atoms with Crippen LogP contribution in [-0.4, -0.2) is 24.2 Å². The molecule has 0 spiro atoms. The summed E-state index contributed by atoms with van der Waals surface area (Å²) in [4.78, 5) is 22.9. The van der Waals surface area contributed by atoms with E-state index >= 15 is 0 Å². The topological polar surface area (TPSA) is 84.2 Å². The van der Waals surface area contributed by atoms with Gasteiger partial charge >= 0.3 is 6.03 Å². The Morgan fingerprint density at radius 2 is 2.11 bits per heavy atom. The predicted molar refractivity (Wildman–Crippen MR) is 68.8 cm³/mol. The minimum Gasteiger partial charge on any atom is -0.399 e. The molecular weight excluding hydrogens is 257 g/mol. The molecular formula is C11H14FN3O2S. The summed E-state index contributed by atoms with van der Waals surface area (Å²) in [5.74, 6) is -0.893. The summed E-state index contributed by atoms with van der Waals surface area (Å²) < 4.78 is 13.0. The van der Waals surface area contributed by atoms with Gasteiger partial charge in [0, 0.05) is 17.1 Å². The van der Waals surface area contributed by atoms with E-state index in [1.807, 2.05) is 0 Å². The van der Waals surface area contributed by atoms with E-state index in [1.54, 1.807) is 13.0 Å². The van der Waals surface area contributed by atoms with Crippen molar-refractivity contribution in [1.82, 2.24) is 10.6 Å². The minimum atomic E-state index is -0.540. The molecule has 0 aliphatic rings. The molecule has 0 bridgehead atoms. The van der Waals surface area contributed by atoms with E-state index in [4.69, 9.17) is 5.73 Å². The lowest BCUT2D eigenvalue weighted by Crippen LogP contribution is -2.40. The Morgan fingerprint density at radius 3 is 2.72 bits per heavy atom. The van der Waals surface area contributed by atoms with E-state index in [1.165, 1.54) is 12.1 Å². The fraction of sp³-hybridized carbons (Fsp3) is 0.273. The Morgan fingerprint density at radius 1 is 1.39 bits per heavy atom. The maximum atomic E-state index is 13.0. The Bertz CT molecular complexity index is 434. The van der Waals surface area contributed by atoms with Crippen LogP contribution in [0.5, 0.6) is 0 Å². The van der Waals surface area contributed by atoms with Gasteiger partial charge in [-0.05, 0) is 25.1 Å². The van der Waals surface area contributed by atoms with E-state index in [2.05, 4.69) is 10.6 Å². The number of urea groups is 1. The molecule has 0 atom stereocenters. The Labute approximate surface area is 108 Å². The lowest BCUT2D eigenvalue weighted by molar-refractivity contribution is -0.117. The molecule has 1 aromatic carbocycles. The van der Waals surface area contributed by atoms with Crippen molar-refractivity contribution >= 4 is 29.4 Å². The van der Waals surface area contributed by atoms with Crippen molar-refractivity contribution in [2.24, 2.45) is 0 Å². The molecule has 0 unspecified atom stereocenters. The van der Waals surface area contributed by atoms with Crippen molar-refractivity contribution in [2.45, 2.75) is 11.8 Å². The Kier molecular flexibility index (Phi) is 5.44. The van der Waals surface area contributed by atoms with Crippen molar-refractivity contribution in [3.63, 3.8) is 0 Å². The number of carbonyl (C=O) groups is 2. The number of nitrogens with one attached hydrogen (secondary N) is 2. The van der Waals surface area contributed by atoms with Crippen LogP contribution in [0.4, 0.5) is 14.9 Å². The highest BCUT2D eigenvalue weighted by Gasteiger charge is 2.08. The highest BCUT2D eigenvalue weighted by Crippen LogP contribution is 2.21. The number of rotatable bonds is 4. The Balaban J connectivity index is 2.45. The second-order valence-electron chi connectivity index (χ2n) is 3.42. The summed E-state index contributed by atoms with van der Waals surface area (Å²) in [6.45, 7) is 2.18. The molecule has 0 aliphatic heterocycles. The molecule has 3 amide bonds. The number of nitrogen functional groups attached to an aromatic ring is 1. The van der Waals surface area contributed by atoms with Gasteiger partial charge in [0.1, 0.15) is 5.82 Å². The summed E-state index contributed by atoms with van der Waals surface area (Å²) in [7, 11) is 0. The van der Waals surface area contributed by atoms with Crippen LogP contribution >= 0.6 is 11.8 Å². The van der Waals surface area contributed by atoms with Crippen LogP contribution in [0.15, 0.2) is 23.1 Å². The quantitative estimate of drug-likeness (QED) is 0.570. The molecule has 0 saturated carbocycles. The van der Waals surface area contributed by atoms with Crippen molar-refractivity contribution in [1.29, 1.82) is 0 Å². The molecule has 0 saturated heterocycles. The van der Waals surface area contributed by atoms with Crippen LogP contribution < -0.4 is 16.4 Å². The van der Waals surface area contributed by atoms with Crippen LogP contribution in [-0.2, 0) is 4.79 Å². The van der Waals surface area contributed by atoms with E-state index < -0.39 is 17.8 Å². The van der Waals surface area contributed by atoms with E-state index in [0.29, 0.717) is 17.1 Å². The number of hydrogen-bond acceptors (Lipinski definition) is 4. The highest BCUT2D eigenvalue weighted by atomic mass is 32.2. The fourth-order valence-electron chi connectivity index (χ4n) is 1.18. The third-order valence-electron chi connectivity index (χ3n) is 1.85. The van der Waals surface area contributed by atoms with Crippen LogP contribution in [0.2, 0.25) is 0 Å². The average Bonchev–Trinajstić information content (AvgIpc) is 2.25. The van der Waals surface area contributed by atoms with Gasteiger partial charge in [-0.1, -0.05) is 0 Å². The largest absolute Gasteiger partial charge is 0.399 e. The van der Waals surface area contributed by atoms with Gasteiger partial charge in [0.15, 0.2) is 0 Å². The molecule has 0 heterocycles. The molecule has 1 aromatic rings. The monoisotopic (exact) mass is 271 g/mol. The zero-order chi connectivity index (χ0) is 13.5. The lowest BCUT2D eigenvalue weighted by atomic mass is 10.3. The highest BCUT2D eigenvalue weighted by molar-refractivity contribution is 8.00. The number of amides is 3. The molecule has 18 heavy (non-hydrogen) atoms. The normalized spacial score (nSPS) is 9.89. The summed E-state index contributed by atoms with van der Waals surface area (Å²) in [6, 6.07) is 3.49. The van der Waals surface area contributed by atoms with Gasteiger partial charge in [-0.3, -0.25) is 10.1 Å². The van der Waals surface area contributed by atoms with Gasteiger partial charge in [-0.25, -0.2) is 9.18 Å².